The molecule has 19 heavy (non-hydrogen) atoms. The maximum atomic E-state index is 12.1. The van der Waals surface area contributed by atoms with Gasteiger partial charge in [-0.25, -0.2) is 4.79 Å². The Morgan fingerprint density at radius 2 is 2.16 bits per heavy atom. The van der Waals surface area contributed by atoms with E-state index in [-0.39, 0.29) is 23.3 Å². The van der Waals surface area contributed by atoms with Crippen LogP contribution in [0.2, 0.25) is 0 Å². The molecule has 1 aromatic rings. The van der Waals surface area contributed by atoms with Crippen LogP contribution in [0.3, 0.4) is 0 Å². The zero-order chi connectivity index (χ0) is 14.2. The molecule has 2 rings (SSSR count). The molecule has 0 saturated heterocycles. The van der Waals surface area contributed by atoms with Gasteiger partial charge in [-0.15, -0.1) is 11.8 Å². The summed E-state index contributed by atoms with van der Waals surface area (Å²) in [5, 5.41) is 8.64. The van der Waals surface area contributed by atoms with Gasteiger partial charge in [0, 0.05) is 4.90 Å². The fourth-order valence-corrected chi connectivity index (χ4v) is 2.90. The van der Waals surface area contributed by atoms with Crippen LogP contribution in [0.15, 0.2) is 23.1 Å². The van der Waals surface area contributed by atoms with Crippen LogP contribution in [-0.4, -0.2) is 34.7 Å². The second kappa shape index (κ2) is 4.93. The molecular weight excluding hydrogens is 268 g/mol. The van der Waals surface area contributed by atoms with Crippen molar-refractivity contribution in [3.63, 3.8) is 0 Å². The van der Waals surface area contributed by atoms with Crippen molar-refractivity contribution in [1.29, 1.82) is 0 Å². The number of primary amides is 1. The average molecular weight is 280 g/mol. The Morgan fingerprint density at radius 3 is 2.74 bits per heavy atom. The van der Waals surface area contributed by atoms with Gasteiger partial charge in [0.05, 0.1) is 16.5 Å². The molecule has 1 aromatic carbocycles. The molecule has 2 amide bonds. The number of carbonyl (C=O) groups excluding carboxylic acids is 2. The highest BCUT2D eigenvalue weighted by molar-refractivity contribution is 8.01. The van der Waals surface area contributed by atoms with E-state index in [1.807, 2.05) is 0 Å². The molecule has 3 N–H and O–H groups in total. The third-order valence-corrected chi connectivity index (χ3v) is 3.88. The van der Waals surface area contributed by atoms with Crippen molar-refractivity contribution in [2.24, 2.45) is 5.73 Å². The fraction of sp³-hybridized carbons (Fsp3) is 0.250. The zero-order valence-electron chi connectivity index (χ0n) is 10.1. The maximum absolute atomic E-state index is 12.1. The monoisotopic (exact) mass is 280 g/mol. The van der Waals surface area contributed by atoms with Crippen LogP contribution in [0.4, 0.5) is 5.69 Å². The topological polar surface area (TPSA) is 101 Å². The number of hydrogen-bond acceptors (Lipinski definition) is 4. The normalized spacial score (nSPS) is 18.1. The van der Waals surface area contributed by atoms with Crippen LogP contribution < -0.4 is 10.6 Å². The summed E-state index contributed by atoms with van der Waals surface area (Å²) >= 11 is 1.33. The van der Waals surface area contributed by atoms with Gasteiger partial charge in [-0.05, 0) is 25.1 Å². The van der Waals surface area contributed by atoms with E-state index in [4.69, 9.17) is 10.8 Å². The smallest absolute Gasteiger partial charge is 0.335 e. The number of carboxylic acid groups (broad SMARTS) is 1. The van der Waals surface area contributed by atoms with Crippen LogP contribution in [-0.2, 0) is 9.59 Å². The summed E-state index contributed by atoms with van der Waals surface area (Å²) in [5.74, 6) is -1.98. The van der Waals surface area contributed by atoms with Gasteiger partial charge in [-0.2, -0.15) is 0 Å². The van der Waals surface area contributed by atoms with E-state index >= 15 is 0 Å². The minimum Gasteiger partial charge on any atom is -0.478 e. The van der Waals surface area contributed by atoms with Crippen molar-refractivity contribution in [3.8, 4) is 0 Å². The molecular formula is C12H12N2O4S. The molecule has 6 nitrogen and oxygen atoms in total. The molecule has 7 heteroatoms. The quantitative estimate of drug-likeness (QED) is 0.848. The van der Waals surface area contributed by atoms with E-state index in [9.17, 15) is 14.4 Å². The van der Waals surface area contributed by atoms with Gasteiger partial charge in [0.25, 0.3) is 0 Å². The number of thioether (sulfide) groups is 1. The average Bonchev–Trinajstić information content (AvgIpc) is 2.34. The predicted octanol–water partition coefficient (Wildman–Crippen LogP) is 0.697. The largest absolute Gasteiger partial charge is 0.478 e. The second-order valence-corrected chi connectivity index (χ2v) is 5.52. The van der Waals surface area contributed by atoms with E-state index in [1.165, 1.54) is 28.8 Å². The highest BCUT2D eigenvalue weighted by atomic mass is 32.2. The first-order chi connectivity index (χ1) is 8.90. The zero-order valence-corrected chi connectivity index (χ0v) is 10.9. The number of anilines is 1. The first-order valence-electron chi connectivity index (χ1n) is 5.54. The van der Waals surface area contributed by atoms with Crippen molar-refractivity contribution < 1.29 is 19.5 Å². The fourth-order valence-electron chi connectivity index (χ4n) is 1.86. The molecule has 0 fully saturated rings. The number of amides is 2. The predicted molar refractivity (Wildman–Crippen MR) is 70.3 cm³/mol. The first-order valence-corrected chi connectivity index (χ1v) is 6.42. The lowest BCUT2D eigenvalue weighted by atomic mass is 10.1. The van der Waals surface area contributed by atoms with E-state index in [2.05, 4.69) is 0 Å². The van der Waals surface area contributed by atoms with Crippen LogP contribution in [0.5, 0.6) is 0 Å². The summed E-state index contributed by atoms with van der Waals surface area (Å²) < 4.78 is 0. The Morgan fingerprint density at radius 1 is 1.47 bits per heavy atom. The van der Waals surface area contributed by atoms with Gasteiger partial charge in [-0.3, -0.25) is 9.59 Å². The number of nitrogens with two attached hydrogens (primary N) is 1. The standard InChI is InChI=1S/C12H12N2O4S/c1-6-11(16)14(5-10(13)15)8-4-7(12(17)18)2-3-9(8)19-6/h2-4,6H,5H2,1H3,(H2,13,15)(H,17,18). The number of fused-ring (bicyclic) bond motifs is 1. The first kappa shape index (κ1) is 13.4. The minimum absolute atomic E-state index is 0.0659. The molecule has 0 aliphatic carbocycles. The second-order valence-electron chi connectivity index (χ2n) is 4.14. The maximum Gasteiger partial charge on any atom is 0.335 e. The molecule has 1 aliphatic heterocycles. The minimum atomic E-state index is -1.09. The number of nitrogens with zero attached hydrogens (tertiary/aromatic N) is 1. The molecule has 1 heterocycles. The Bertz CT molecular complexity index is 573. The van der Waals surface area contributed by atoms with Crippen LogP contribution in [0, 0.1) is 0 Å². The summed E-state index contributed by atoms with van der Waals surface area (Å²) in [6, 6.07) is 4.50. The summed E-state index contributed by atoms with van der Waals surface area (Å²) in [6.07, 6.45) is 0. The van der Waals surface area contributed by atoms with E-state index in [1.54, 1.807) is 13.0 Å². The number of hydrogen-bond donors (Lipinski definition) is 2. The van der Waals surface area contributed by atoms with Gasteiger partial charge < -0.3 is 15.7 Å². The van der Waals surface area contributed by atoms with E-state index < -0.39 is 11.9 Å². The lowest BCUT2D eigenvalue weighted by molar-refractivity contribution is -0.122. The Labute approximate surface area is 113 Å². The Hall–Kier alpha value is -2.02. The number of carboxylic acids is 1. The van der Waals surface area contributed by atoms with Crippen LogP contribution >= 0.6 is 11.8 Å². The van der Waals surface area contributed by atoms with Crippen molar-refractivity contribution in [2.45, 2.75) is 17.1 Å². The molecule has 0 radical (unpaired) electrons. The summed E-state index contributed by atoms with van der Waals surface area (Å²) in [6.45, 7) is 1.48. The molecule has 1 unspecified atom stereocenters. The number of aromatic carboxylic acids is 1. The van der Waals surface area contributed by atoms with Gasteiger partial charge in [-0.1, -0.05) is 0 Å². The van der Waals surface area contributed by atoms with Gasteiger partial charge in [0.2, 0.25) is 11.8 Å². The highest BCUT2D eigenvalue weighted by Crippen LogP contribution is 2.39. The molecule has 0 aromatic heterocycles. The van der Waals surface area contributed by atoms with E-state index in [0.29, 0.717) is 5.69 Å². The van der Waals surface area contributed by atoms with Gasteiger partial charge >= 0.3 is 5.97 Å². The molecule has 0 spiro atoms. The van der Waals surface area contributed by atoms with Gasteiger partial charge in [0.15, 0.2) is 0 Å². The Balaban J connectivity index is 2.50. The van der Waals surface area contributed by atoms with E-state index in [0.717, 1.165) is 4.90 Å². The molecule has 1 aliphatic rings. The summed E-state index contributed by atoms with van der Waals surface area (Å²) in [5.41, 5.74) is 5.62. The lowest BCUT2D eigenvalue weighted by Crippen LogP contribution is -2.44. The summed E-state index contributed by atoms with van der Waals surface area (Å²) in [7, 11) is 0. The highest BCUT2D eigenvalue weighted by Gasteiger charge is 2.32. The van der Waals surface area contributed by atoms with Crippen molar-refractivity contribution in [1.82, 2.24) is 0 Å². The summed E-state index contributed by atoms with van der Waals surface area (Å²) in [4.78, 5) is 36.1. The molecule has 1 atom stereocenters. The number of rotatable bonds is 3. The number of carbonyl (C=O) groups is 3. The SMILES string of the molecule is CC1Sc2ccc(C(=O)O)cc2N(CC(N)=O)C1=O. The Kier molecular flexibility index (Phi) is 3.48. The number of benzene rings is 1. The lowest BCUT2D eigenvalue weighted by Gasteiger charge is -2.31. The third-order valence-electron chi connectivity index (χ3n) is 2.73. The van der Waals surface area contributed by atoms with Crippen LogP contribution in [0.25, 0.3) is 0 Å². The molecule has 0 bridgehead atoms. The van der Waals surface area contributed by atoms with Gasteiger partial charge in [0.1, 0.15) is 6.54 Å². The third kappa shape index (κ3) is 2.55. The van der Waals surface area contributed by atoms with Crippen LogP contribution in [0.1, 0.15) is 17.3 Å². The van der Waals surface area contributed by atoms with Crippen molar-refractivity contribution in [3.05, 3.63) is 23.8 Å². The van der Waals surface area contributed by atoms with Crippen molar-refractivity contribution in [2.75, 3.05) is 11.4 Å². The molecule has 100 valence electrons. The molecule has 0 saturated carbocycles. The van der Waals surface area contributed by atoms with Crippen molar-refractivity contribution >= 4 is 35.2 Å².